The number of carbonyl (C=O) groups is 1. The van der Waals surface area contributed by atoms with Crippen LogP contribution >= 0.6 is 0 Å². The van der Waals surface area contributed by atoms with Crippen molar-refractivity contribution < 1.29 is 19.1 Å². The van der Waals surface area contributed by atoms with E-state index >= 15 is 0 Å². The molecule has 0 amide bonds. The number of aryl methyl sites for hydroxylation is 1. The Morgan fingerprint density at radius 3 is 2.53 bits per heavy atom. The number of rotatable bonds is 6. The first-order valence-corrected chi connectivity index (χ1v) is 11.6. The zero-order valence-electron chi connectivity index (χ0n) is 20.4. The SMILES string of the molecule is COc1ccc(NC(C)c2cc(C)cc3c(=O)cc(N4CCC(C)(C)CC4)oc23)c(C(=O)O)c1. The molecule has 2 aromatic carbocycles. The number of piperidine rings is 1. The highest BCUT2D eigenvalue weighted by Crippen LogP contribution is 2.35. The molecule has 1 aliphatic heterocycles. The van der Waals surface area contributed by atoms with Crippen LogP contribution in [0.2, 0.25) is 0 Å². The maximum atomic E-state index is 13.1. The van der Waals surface area contributed by atoms with E-state index in [-0.39, 0.29) is 22.4 Å². The van der Waals surface area contributed by atoms with Crippen LogP contribution in [-0.4, -0.2) is 31.3 Å². The number of benzene rings is 2. The lowest BCUT2D eigenvalue weighted by molar-refractivity contribution is 0.0697. The van der Waals surface area contributed by atoms with E-state index in [0.717, 1.165) is 37.1 Å². The molecule has 3 aromatic rings. The topological polar surface area (TPSA) is 92.0 Å². The fraction of sp³-hybridized carbons (Fsp3) is 0.407. The quantitative estimate of drug-likeness (QED) is 0.490. The highest BCUT2D eigenvalue weighted by atomic mass is 16.5. The Hall–Kier alpha value is -3.48. The summed E-state index contributed by atoms with van der Waals surface area (Å²) in [4.78, 5) is 27.0. The van der Waals surface area contributed by atoms with E-state index in [9.17, 15) is 14.7 Å². The third-order valence-electron chi connectivity index (χ3n) is 6.71. The van der Waals surface area contributed by atoms with Gasteiger partial charge in [-0.1, -0.05) is 19.9 Å². The number of fused-ring (bicyclic) bond motifs is 1. The summed E-state index contributed by atoms with van der Waals surface area (Å²) in [7, 11) is 1.50. The molecule has 1 fully saturated rings. The zero-order chi connectivity index (χ0) is 24.6. The van der Waals surface area contributed by atoms with Crippen molar-refractivity contribution >= 4 is 28.5 Å². The normalized spacial score (nSPS) is 16.3. The highest BCUT2D eigenvalue weighted by Gasteiger charge is 2.27. The Morgan fingerprint density at radius 2 is 1.88 bits per heavy atom. The molecule has 7 heteroatoms. The van der Waals surface area contributed by atoms with Crippen LogP contribution in [0.25, 0.3) is 11.0 Å². The third kappa shape index (κ3) is 4.74. The van der Waals surface area contributed by atoms with E-state index in [1.54, 1.807) is 18.2 Å². The van der Waals surface area contributed by atoms with Crippen LogP contribution in [-0.2, 0) is 0 Å². The Kier molecular flexibility index (Phi) is 6.30. The number of aromatic carboxylic acids is 1. The number of carboxylic acid groups (broad SMARTS) is 1. The standard InChI is InChI=1S/C27H32N2O5/c1-16-12-19(17(2)28-22-7-6-18(33-5)14-20(22)26(31)32)25-21(13-16)23(30)15-24(34-25)29-10-8-27(3,4)9-11-29/h6-7,12-15,17,28H,8-11H2,1-5H3,(H,31,32). The van der Waals surface area contributed by atoms with Gasteiger partial charge in [0.15, 0.2) is 11.3 Å². The lowest BCUT2D eigenvalue weighted by atomic mass is 9.83. The molecular weight excluding hydrogens is 432 g/mol. The molecule has 0 radical (unpaired) electrons. The van der Waals surface area contributed by atoms with Gasteiger partial charge in [-0.25, -0.2) is 4.79 Å². The van der Waals surface area contributed by atoms with E-state index in [2.05, 4.69) is 24.1 Å². The molecule has 1 saturated heterocycles. The predicted octanol–water partition coefficient (Wildman–Crippen LogP) is 5.61. The summed E-state index contributed by atoms with van der Waals surface area (Å²) in [5.41, 5.74) is 3.06. The maximum absolute atomic E-state index is 13.1. The summed E-state index contributed by atoms with van der Waals surface area (Å²) in [5.74, 6) is 0.00229. The second kappa shape index (κ2) is 9.05. The first-order chi connectivity index (χ1) is 16.1. The molecule has 0 saturated carbocycles. The smallest absolute Gasteiger partial charge is 0.337 e. The molecule has 2 N–H and O–H groups in total. The van der Waals surface area contributed by atoms with Gasteiger partial charge in [-0.2, -0.15) is 0 Å². The number of methoxy groups -OCH3 is 1. The van der Waals surface area contributed by atoms with Gasteiger partial charge in [-0.15, -0.1) is 0 Å². The van der Waals surface area contributed by atoms with E-state index in [1.807, 2.05) is 26.0 Å². The van der Waals surface area contributed by atoms with Crippen LogP contribution < -0.4 is 20.4 Å². The minimum atomic E-state index is -1.05. The Morgan fingerprint density at radius 1 is 1.18 bits per heavy atom. The van der Waals surface area contributed by atoms with Crippen molar-refractivity contribution in [1.29, 1.82) is 0 Å². The summed E-state index contributed by atoms with van der Waals surface area (Å²) in [6.45, 7) is 10.1. The molecule has 34 heavy (non-hydrogen) atoms. The van der Waals surface area contributed by atoms with Gasteiger partial charge in [0.1, 0.15) is 11.3 Å². The van der Waals surface area contributed by atoms with Crippen molar-refractivity contribution in [2.45, 2.75) is 46.6 Å². The van der Waals surface area contributed by atoms with E-state index in [0.29, 0.717) is 28.3 Å². The molecule has 0 bridgehead atoms. The summed E-state index contributed by atoms with van der Waals surface area (Å²) in [6.07, 6.45) is 2.06. The highest BCUT2D eigenvalue weighted by molar-refractivity contribution is 5.95. The summed E-state index contributed by atoms with van der Waals surface area (Å²) in [6, 6.07) is 10.00. The fourth-order valence-electron chi connectivity index (χ4n) is 4.50. The monoisotopic (exact) mass is 464 g/mol. The van der Waals surface area contributed by atoms with Gasteiger partial charge in [0.25, 0.3) is 0 Å². The minimum Gasteiger partial charge on any atom is -0.497 e. The van der Waals surface area contributed by atoms with Gasteiger partial charge >= 0.3 is 5.97 Å². The van der Waals surface area contributed by atoms with Crippen molar-refractivity contribution in [3.63, 3.8) is 0 Å². The van der Waals surface area contributed by atoms with Crippen LogP contribution in [0, 0.1) is 12.3 Å². The average Bonchev–Trinajstić information content (AvgIpc) is 2.79. The Balaban J connectivity index is 1.74. The van der Waals surface area contributed by atoms with Crippen molar-refractivity contribution in [3.05, 3.63) is 63.3 Å². The van der Waals surface area contributed by atoms with Crippen LogP contribution in [0.15, 0.2) is 45.6 Å². The van der Waals surface area contributed by atoms with E-state index < -0.39 is 5.97 Å². The zero-order valence-corrected chi connectivity index (χ0v) is 20.4. The number of nitrogens with one attached hydrogen (secondary N) is 1. The molecule has 180 valence electrons. The van der Waals surface area contributed by atoms with E-state index in [1.165, 1.54) is 13.2 Å². The molecule has 7 nitrogen and oxygen atoms in total. The second-order valence-corrected chi connectivity index (χ2v) is 9.91. The molecule has 1 aromatic heterocycles. The molecule has 4 rings (SSSR count). The van der Waals surface area contributed by atoms with Crippen molar-refractivity contribution in [2.75, 3.05) is 30.4 Å². The maximum Gasteiger partial charge on any atom is 0.337 e. The van der Waals surface area contributed by atoms with Gasteiger partial charge < -0.3 is 24.5 Å². The number of ether oxygens (including phenoxy) is 1. The van der Waals surface area contributed by atoms with Gasteiger partial charge in [0.2, 0.25) is 0 Å². The first kappa shape index (κ1) is 23.7. The summed E-state index contributed by atoms with van der Waals surface area (Å²) < 4.78 is 11.5. The van der Waals surface area contributed by atoms with Crippen LogP contribution in [0.4, 0.5) is 11.6 Å². The molecule has 2 heterocycles. The lowest BCUT2D eigenvalue weighted by Gasteiger charge is -2.37. The van der Waals surface area contributed by atoms with Crippen LogP contribution in [0.5, 0.6) is 5.75 Å². The first-order valence-electron chi connectivity index (χ1n) is 11.6. The number of nitrogens with zero attached hydrogens (tertiary/aromatic N) is 1. The van der Waals surface area contributed by atoms with Gasteiger partial charge in [-0.05, 0) is 61.9 Å². The average molecular weight is 465 g/mol. The molecule has 1 atom stereocenters. The molecule has 0 spiro atoms. The predicted molar refractivity (Wildman–Crippen MR) is 134 cm³/mol. The molecule has 1 aliphatic rings. The van der Waals surface area contributed by atoms with Crippen LogP contribution in [0.1, 0.15) is 61.1 Å². The molecular formula is C27H32N2O5. The fourth-order valence-corrected chi connectivity index (χ4v) is 4.50. The number of carboxylic acids is 1. The van der Waals surface area contributed by atoms with E-state index in [4.69, 9.17) is 9.15 Å². The molecule has 0 aliphatic carbocycles. The van der Waals surface area contributed by atoms with Gasteiger partial charge in [-0.3, -0.25) is 4.79 Å². The summed E-state index contributed by atoms with van der Waals surface area (Å²) >= 11 is 0. The third-order valence-corrected chi connectivity index (χ3v) is 6.71. The second-order valence-electron chi connectivity index (χ2n) is 9.91. The summed E-state index contributed by atoms with van der Waals surface area (Å²) in [5, 5.41) is 13.5. The number of hydrogen-bond donors (Lipinski definition) is 2. The van der Waals surface area contributed by atoms with Crippen LogP contribution in [0.3, 0.4) is 0 Å². The van der Waals surface area contributed by atoms with Crippen molar-refractivity contribution in [2.24, 2.45) is 5.41 Å². The number of anilines is 2. The Bertz CT molecular complexity index is 1280. The van der Waals surface area contributed by atoms with Crippen molar-refractivity contribution in [3.8, 4) is 5.75 Å². The number of hydrogen-bond acceptors (Lipinski definition) is 6. The largest absolute Gasteiger partial charge is 0.497 e. The van der Waals surface area contributed by atoms with Gasteiger partial charge in [0, 0.05) is 30.4 Å². The van der Waals surface area contributed by atoms with Crippen molar-refractivity contribution in [1.82, 2.24) is 0 Å². The Labute approximate surface area is 199 Å². The lowest BCUT2D eigenvalue weighted by Crippen LogP contribution is -2.37. The minimum absolute atomic E-state index is 0.0751. The molecule has 1 unspecified atom stereocenters. The van der Waals surface area contributed by atoms with Gasteiger partial charge in [0.05, 0.1) is 24.1 Å².